The molecule has 0 saturated carbocycles. The lowest BCUT2D eigenvalue weighted by atomic mass is 10.2. The maximum Gasteiger partial charge on any atom is 0.276 e. The molecule has 0 fully saturated rings. The highest BCUT2D eigenvalue weighted by Crippen LogP contribution is 2.26. The lowest BCUT2D eigenvalue weighted by Gasteiger charge is -1.96. The molecule has 0 aliphatic carbocycles. The first-order chi connectivity index (χ1) is 14.2. The van der Waals surface area contributed by atoms with Gasteiger partial charge in [0.05, 0.1) is 4.92 Å². The van der Waals surface area contributed by atoms with Gasteiger partial charge in [0.15, 0.2) is 0 Å². The van der Waals surface area contributed by atoms with E-state index in [0.29, 0.717) is 28.9 Å². The second kappa shape index (κ2) is 8.65. The zero-order valence-electron chi connectivity index (χ0n) is 15.1. The van der Waals surface area contributed by atoms with Crippen LogP contribution in [0.1, 0.15) is 12.3 Å². The molecule has 2 aromatic carbocycles. The topological polar surface area (TPSA) is 121 Å². The van der Waals surface area contributed by atoms with E-state index in [4.69, 9.17) is 8.94 Å². The number of benzene rings is 2. The second-order valence-electron chi connectivity index (χ2n) is 6.01. The first-order valence-electron chi connectivity index (χ1n) is 8.78. The number of aryl methyl sites for hydroxylation is 1. The van der Waals surface area contributed by atoms with Crippen molar-refractivity contribution in [3.63, 3.8) is 0 Å². The number of nitro benzene ring substituents is 1. The lowest BCUT2D eigenvalue weighted by Crippen LogP contribution is -1.88. The molecule has 4 rings (SSSR count). The van der Waals surface area contributed by atoms with Gasteiger partial charge in [-0.05, 0) is 12.5 Å². The number of hydrogen-bond acceptors (Lipinski definition) is 9. The molecule has 0 aliphatic rings. The van der Waals surface area contributed by atoms with Crippen LogP contribution < -0.4 is 0 Å². The molecule has 0 unspecified atom stereocenters. The van der Waals surface area contributed by atoms with Crippen LogP contribution in [0.25, 0.3) is 22.8 Å². The normalized spacial score (nSPS) is 10.9. The number of nitro groups is 1. The Morgan fingerprint density at radius 1 is 1.03 bits per heavy atom. The molecule has 0 amide bonds. The molecule has 2 heterocycles. The van der Waals surface area contributed by atoms with Crippen LogP contribution in [0.15, 0.2) is 68.8 Å². The Labute approximate surface area is 169 Å². The third-order valence-corrected chi connectivity index (χ3v) is 4.88. The van der Waals surface area contributed by atoms with Gasteiger partial charge in [0.1, 0.15) is 0 Å². The summed E-state index contributed by atoms with van der Waals surface area (Å²) in [5.74, 6) is 2.12. The van der Waals surface area contributed by atoms with Crippen LogP contribution in [0, 0.1) is 10.1 Å². The highest BCUT2D eigenvalue weighted by molar-refractivity contribution is 7.99. The summed E-state index contributed by atoms with van der Waals surface area (Å²) in [6.07, 6.45) is 1.42. The van der Waals surface area contributed by atoms with Crippen LogP contribution in [-0.2, 0) is 6.42 Å². The third kappa shape index (κ3) is 4.66. The molecule has 146 valence electrons. The van der Waals surface area contributed by atoms with Crippen molar-refractivity contribution in [2.45, 2.75) is 18.1 Å². The molecule has 0 spiro atoms. The Kier molecular flexibility index (Phi) is 5.61. The zero-order chi connectivity index (χ0) is 20.1. The molecular weight excluding hydrogens is 394 g/mol. The number of aromatic nitrogens is 4. The van der Waals surface area contributed by atoms with Gasteiger partial charge in [0.2, 0.25) is 17.6 Å². The maximum atomic E-state index is 10.9. The molecule has 2 aromatic heterocycles. The van der Waals surface area contributed by atoms with E-state index in [0.717, 1.165) is 17.7 Å². The summed E-state index contributed by atoms with van der Waals surface area (Å²) in [7, 11) is 0. The summed E-state index contributed by atoms with van der Waals surface area (Å²) in [6.45, 7) is 0. The van der Waals surface area contributed by atoms with Crippen molar-refractivity contribution >= 4 is 17.4 Å². The number of non-ortho nitro benzene ring substituents is 1. The zero-order valence-corrected chi connectivity index (χ0v) is 15.9. The summed E-state index contributed by atoms with van der Waals surface area (Å²) in [6, 6.07) is 15.7. The van der Waals surface area contributed by atoms with Crippen molar-refractivity contribution in [1.29, 1.82) is 0 Å². The van der Waals surface area contributed by atoms with Crippen LogP contribution in [-0.4, -0.2) is 31.0 Å². The Hall–Kier alpha value is -3.53. The number of thioether (sulfide) groups is 1. The second-order valence-corrected chi connectivity index (χ2v) is 7.06. The minimum absolute atomic E-state index is 0.0238. The summed E-state index contributed by atoms with van der Waals surface area (Å²) >= 11 is 1.40. The first kappa shape index (κ1) is 18.8. The largest absolute Gasteiger partial charge is 0.411 e. The Bertz CT molecular complexity index is 1110. The van der Waals surface area contributed by atoms with Crippen LogP contribution in [0.3, 0.4) is 0 Å². The summed E-state index contributed by atoms with van der Waals surface area (Å²) < 4.78 is 10.9. The third-order valence-electron chi connectivity index (χ3n) is 3.97. The molecular formula is C19H15N5O4S. The summed E-state index contributed by atoms with van der Waals surface area (Å²) in [5.41, 5.74) is 1.40. The monoisotopic (exact) mass is 409 g/mol. The molecule has 0 N–H and O–H groups in total. The smallest absolute Gasteiger partial charge is 0.276 e. The Morgan fingerprint density at radius 2 is 1.86 bits per heavy atom. The average Bonchev–Trinajstić information content (AvgIpc) is 3.42. The average molecular weight is 409 g/mol. The SMILES string of the molecule is O=[N+]([O-])c1cccc(-c2nnc(SCCCc3nc(-c4ccccc4)no3)o2)c1. The van der Waals surface area contributed by atoms with Crippen molar-refractivity contribution in [2.24, 2.45) is 0 Å². The quantitative estimate of drug-likeness (QED) is 0.180. The van der Waals surface area contributed by atoms with Gasteiger partial charge in [-0.15, -0.1) is 10.2 Å². The number of nitrogens with zero attached hydrogens (tertiary/aromatic N) is 5. The van der Waals surface area contributed by atoms with Gasteiger partial charge >= 0.3 is 0 Å². The minimum Gasteiger partial charge on any atom is -0.411 e. The predicted molar refractivity (Wildman–Crippen MR) is 105 cm³/mol. The van der Waals surface area contributed by atoms with Gasteiger partial charge in [-0.3, -0.25) is 10.1 Å². The summed E-state index contributed by atoms with van der Waals surface area (Å²) in [5, 5.41) is 23.2. The van der Waals surface area contributed by atoms with Gasteiger partial charge in [0, 0.05) is 35.4 Å². The maximum absolute atomic E-state index is 10.9. The van der Waals surface area contributed by atoms with Crippen LogP contribution in [0.2, 0.25) is 0 Å². The fraction of sp³-hybridized carbons (Fsp3) is 0.158. The van der Waals surface area contributed by atoms with Gasteiger partial charge in [-0.1, -0.05) is 53.3 Å². The van der Waals surface area contributed by atoms with Gasteiger partial charge in [0.25, 0.3) is 10.9 Å². The summed E-state index contributed by atoms with van der Waals surface area (Å²) in [4.78, 5) is 14.8. The van der Waals surface area contributed by atoms with Crippen molar-refractivity contribution in [3.05, 3.63) is 70.6 Å². The molecule has 0 saturated heterocycles. The fourth-order valence-electron chi connectivity index (χ4n) is 2.58. The van der Waals surface area contributed by atoms with E-state index in [9.17, 15) is 10.1 Å². The molecule has 0 radical (unpaired) electrons. The van der Waals surface area contributed by atoms with E-state index >= 15 is 0 Å². The van der Waals surface area contributed by atoms with Crippen molar-refractivity contribution in [3.8, 4) is 22.8 Å². The van der Waals surface area contributed by atoms with E-state index in [2.05, 4.69) is 20.3 Å². The van der Waals surface area contributed by atoms with E-state index in [1.807, 2.05) is 30.3 Å². The van der Waals surface area contributed by atoms with E-state index < -0.39 is 4.92 Å². The van der Waals surface area contributed by atoms with Crippen LogP contribution in [0.5, 0.6) is 0 Å². The molecule has 4 aromatic rings. The molecule has 9 nitrogen and oxygen atoms in total. The molecule has 0 bridgehead atoms. The predicted octanol–water partition coefficient (Wildman–Crippen LogP) is 4.42. The van der Waals surface area contributed by atoms with Crippen molar-refractivity contribution in [2.75, 3.05) is 5.75 Å². The van der Waals surface area contributed by atoms with Gasteiger partial charge in [-0.2, -0.15) is 4.98 Å². The highest BCUT2D eigenvalue weighted by atomic mass is 32.2. The lowest BCUT2D eigenvalue weighted by molar-refractivity contribution is -0.384. The van der Waals surface area contributed by atoms with E-state index in [1.54, 1.807) is 12.1 Å². The molecule has 0 atom stereocenters. The highest BCUT2D eigenvalue weighted by Gasteiger charge is 2.13. The number of hydrogen-bond donors (Lipinski definition) is 0. The molecule has 29 heavy (non-hydrogen) atoms. The van der Waals surface area contributed by atoms with Gasteiger partial charge in [-0.25, -0.2) is 0 Å². The van der Waals surface area contributed by atoms with E-state index in [-0.39, 0.29) is 11.6 Å². The van der Waals surface area contributed by atoms with Crippen molar-refractivity contribution in [1.82, 2.24) is 20.3 Å². The van der Waals surface area contributed by atoms with Crippen LogP contribution in [0.4, 0.5) is 5.69 Å². The van der Waals surface area contributed by atoms with Crippen LogP contribution >= 0.6 is 11.8 Å². The van der Waals surface area contributed by atoms with Gasteiger partial charge < -0.3 is 8.94 Å². The van der Waals surface area contributed by atoms with Crippen molar-refractivity contribution < 1.29 is 13.9 Å². The van der Waals surface area contributed by atoms with E-state index in [1.165, 1.54) is 23.9 Å². The first-order valence-corrected chi connectivity index (χ1v) is 9.77. The number of rotatable bonds is 8. The minimum atomic E-state index is -0.462. The Morgan fingerprint density at radius 3 is 2.69 bits per heavy atom. The molecule has 10 heteroatoms. The standard InChI is InChI=1S/C19H15N5O4S/c25-24(26)15-9-4-8-14(12-15)18-21-22-19(27-18)29-11-5-10-16-20-17(23-28-16)13-6-2-1-3-7-13/h1-4,6-9,12H,5,10-11H2. The Balaban J connectivity index is 1.29. The molecule has 0 aliphatic heterocycles. The fourth-order valence-corrected chi connectivity index (χ4v) is 3.28.